The van der Waals surface area contributed by atoms with Gasteiger partial charge in [0.1, 0.15) is 17.1 Å². The lowest BCUT2D eigenvalue weighted by atomic mass is 10.0. The van der Waals surface area contributed by atoms with Gasteiger partial charge in [0.2, 0.25) is 5.91 Å². The van der Waals surface area contributed by atoms with Gasteiger partial charge in [-0.2, -0.15) is 0 Å². The summed E-state index contributed by atoms with van der Waals surface area (Å²) in [5.41, 5.74) is 0.159. The van der Waals surface area contributed by atoms with Crippen LogP contribution in [-0.4, -0.2) is 56.7 Å². The topological polar surface area (TPSA) is 107 Å². The third-order valence-corrected chi connectivity index (χ3v) is 4.14. The van der Waals surface area contributed by atoms with Crippen molar-refractivity contribution >= 4 is 29.5 Å². The Labute approximate surface area is 107 Å². The number of aliphatic carboxylic acids is 1. The molecule has 2 atom stereocenters. The third-order valence-electron chi connectivity index (χ3n) is 2.80. The van der Waals surface area contributed by atoms with E-state index in [1.165, 1.54) is 18.7 Å². The minimum absolute atomic E-state index is 0.159. The first-order valence-corrected chi connectivity index (χ1v) is 6.30. The number of nitrogens with zero attached hydrogens (tertiary/aromatic N) is 1. The van der Waals surface area contributed by atoms with E-state index < -0.39 is 29.9 Å². The zero-order valence-electron chi connectivity index (χ0n) is 9.54. The number of carboxylic acids is 1. The van der Waals surface area contributed by atoms with Gasteiger partial charge in [0.05, 0.1) is 6.61 Å². The number of hydrogen-bond donors (Lipinski definition) is 3. The van der Waals surface area contributed by atoms with Crippen LogP contribution in [0.1, 0.15) is 6.92 Å². The van der Waals surface area contributed by atoms with E-state index in [4.69, 9.17) is 10.2 Å². The van der Waals surface area contributed by atoms with Crippen LogP contribution in [0.3, 0.4) is 0 Å². The first-order valence-electron chi connectivity index (χ1n) is 5.25. The molecular formula is C10H12N2O5S. The lowest BCUT2D eigenvalue weighted by Gasteiger charge is -2.49. The normalized spacial score (nSPS) is 26.6. The Hall–Kier alpha value is -1.54. The number of hydrogen-bond acceptors (Lipinski definition) is 5. The maximum absolute atomic E-state index is 11.8. The van der Waals surface area contributed by atoms with Gasteiger partial charge in [-0.25, -0.2) is 4.79 Å². The molecule has 2 heterocycles. The molecule has 0 aromatic heterocycles. The molecule has 0 radical (unpaired) electrons. The molecule has 2 aliphatic heterocycles. The van der Waals surface area contributed by atoms with Gasteiger partial charge in [0, 0.05) is 12.7 Å². The van der Waals surface area contributed by atoms with Gasteiger partial charge < -0.3 is 15.5 Å². The van der Waals surface area contributed by atoms with Crippen LogP contribution in [0.2, 0.25) is 0 Å². The number of rotatable bonds is 3. The highest BCUT2D eigenvalue weighted by Gasteiger charge is 2.53. The Morgan fingerprint density at radius 2 is 2.22 bits per heavy atom. The summed E-state index contributed by atoms with van der Waals surface area (Å²) in [7, 11) is 0. The maximum Gasteiger partial charge on any atom is 0.352 e. The minimum atomic E-state index is -1.24. The van der Waals surface area contributed by atoms with E-state index in [0.717, 1.165) is 4.90 Å². The minimum Gasteiger partial charge on any atom is -0.477 e. The standard InChI is InChI=1S/C10H12N2O5S/c1-4(14)11-6-8(15)12-7(10(16)17)5(2-13)3-18-9(6)12/h6,9,13H,2-3H2,1H3,(H,11,14)(H,16,17)/t6-,9-/m1/s1. The second-order valence-corrected chi connectivity index (χ2v) is 5.11. The number of carboxylic acid groups (broad SMARTS) is 1. The van der Waals surface area contributed by atoms with Gasteiger partial charge in [-0.1, -0.05) is 0 Å². The molecule has 2 aliphatic rings. The highest BCUT2D eigenvalue weighted by molar-refractivity contribution is 8.00. The molecule has 0 aromatic carbocycles. The SMILES string of the molecule is CC(=O)N[C@@H]1C(=O)N2C(C(=O)O)=C(CO)CS[C@H]12. The Balaban J connectivity index is 2.26. The average molecular weight is 272 g/mol. The van der Waals surface area contributed by atoms with Crippen molar-refractivity contribution in [2.24, 2.45) is 0 Å². The van der Waals surface area contributed by atoms with E-state index in [-0.39, 0.29) is 11.6 Å². The molecule has 18 heavy (non-hydrogen) atoms. The average Bonchev–Trinajstić information content (AvgIpc) is 2.33. The van der Waals surface area contributed by atoms with E-state index in [1.807, 2.05) is 0 Å². The summed E-state index contributed by atoms with van der Waals surface area (Å²) in [5.74, 6) is -1.69. The van der Waals surface area contributed by atoms with Crippen molar-refractivity contribution in [1.82, 2.24) is 10.2 Å². The van der Waals surface area contributed by atoms with Crippen LogP contribution in [0.5, 0.6) is 0 Å². The number of β-lactam (4-membered cyclic amide) rings is 1. The van der Waals surface area contributed by atoms with Crippen LogP contribution in [0, 0.1) is 0 Å². The second-order valence-electron chi connectivity index (χ2n) is 4.00. The molecule has 0 saturated carbocycles. The van der Waals surface area contributed by atoms with Gasteiger partial charge in [-0.15, -0.1) is 11.8 Å². The van der Waals surface area contributed by atoms with Crippen LogP contribution < -0.4 is 5.32 Å². The zero-order valence-corrected chi connectivity index (χ0v) is 10.4. The predicted molar refractivity (Wildman–Crippen MR) is 62.4 cm³/mol. The number of aliphatic hydroxyl groups is 1. The van der Waals surface area contributed by atoms with Crippen LogP contribution in [0.15, 0.2) is 11.3 Å². The van der Waals surface area contributed by atoms with E-state index >= 15 is 0 Å². The van der Waals surface area contributed by atoms with Crippen molar-refractivity contribution in [3.63, 3.8) is 0 Å². The molecule has 8 heteroatoms. The van der Waals surface area contributed by atoms with Gasteiger partial charge >= 0.3 is 5.97 Å². The molecule has 98 valence electrons. The Bertz CT molecular complexity index is 461. The molecule has 0 spiro atoms. The summed E-state index contributed by atoms with van der Waals surface area (Å²) in [6.45, 7) is 0.909. The number of amides is 2. The van der Waals surface area contributed by atoms with E-state index in [2.05, 4.69) is 5.32 Å². The quantitative estimate of drug-likeness (QED) is 0.553. The van der Waals surface area contributed by atoms with Crippen molar-refractivity contribution < 1.29 is 24.6 Å². The van der Waals surface area contributed by atoms with Crippen molar-refractivity contribution in [3.05, 3.63) is 11.3 Å². The smallest absolute Gasteiger partial charge is 0.352 e. The first kappa shape index (κ1) is 12.9. The summed E-state index contributed by atoms with van der Waals surface area (Å²) in [6, 6.07) is -0.679. The largest absolute Gasteiger partial charge is 0.477 e. The molecule has 3 N–H and O–H groups in total. The summed E-state index contributed by atoms with van der Waals surface area (Å²) < 4.78 is 0. The summed E-state index contributed by atoms with van der Waals surface area (Å²) >= 11 is 1.33. The Morgan fingerprint density at radius 3 is 2.72 bits per heavy atom. The molecule has 0 aromatic rings. The van der Waals surface area contributed by atoms with Gasteiger partial charge in [-0.3, -0.25) is 14.5 Å². The number of carbonyl (C=O) groups is 3. The summed E-state index contributed by atoms with van der Waals surface area (Å²) in [4.78, 5) is 35.0. The fourth-order valence-electron chi connectivity index (χ4n) is 2.02. The first-order chi connectivity index (χ1) is 8.47. The molecule has 7 nitrogen and oxygen atoms in total. The molecule has 1 fully saturated rings. The van der Waals surface area contributed by atoms with Gasteiger partial charge in [0.15, 0.2) is 0 Å². The van der Waals surface area contributed by atoms with E-state index in [1.54, 1.807) is 0 Å². The lowest BCUT2D eigenvalue weighted by Crippen LogP contribution is -2.70. The highest BCUT2D eigenvalue weighted by atomic mass is 32.2. The second kappa shape index (κ2) is 4.62. The highest BCUT2D eigenvalue weighted by Crippen LogP contribution is 2.40. The maximum atomic E-state index is 11.8. The van der Waals surface area contributed by atoms with Gasteiger partial charge in [0.25, 0.3) is 5.91 Å². The van der Waals surface area contributed by atoms with Crippen LogP contribution in [0.4, 0.5) is 0 Å². The van der Waals surface area contributed by atoms with E-state index in [0.29, 0.717) is 11.3 Å². The lowest BCUT2D eigenvalue weighted by molar-refractivity contribution is -0.150. The number of aliphatic hydroxyl groups excluding tert-OH is 1. The molecule has 2 rings (SSSR count). The predicted octanol–water partition coefficient (Wildman–Crippen LogP) is -1.26. The molecule has 0 aliphatic carbocycles. The Kier molecular flexibility index (Phi) is 3.31. The molecule has 0 unspecified atom stereocenters. The van der Waals surface area contributed by atoms with Crippen molar-refractivity contribution in [1.29, 1.82) is 0 Å². The third kappa shape index (κ3) is 1.87. The number of nitrogens with one attached hydrogen (secondary N) is 1. The van der Waals surface area contributed by atoms with Crippen LogP contribution >= 0.6 is 11.8 Å². The molecule has 0 bridgehead atoms. The summed E-state index contributed by atoms with van der Waals surface area (Å²) in [6.07, 6.45) is 0. The summed E-state index contributed by atoms with van der Waals surface area (Å²) in [5, 5.41) is 20.3. The monoisotopic (exact) mass is 272 g/mol. The van der Waals surface area contributed by atoms with Crippen molar-refractivity contribution in [3.8, 4) is 0 Å². The fraction of sp³-hybridized carbons (Fsp3) is 0.500. The van der Waals surface area contributed by atoms with Crippen LogP contribution in [0.25, 0.3) is 0 Å². The fourth-order valence-corrected chi connectivity index (χ4v) is 3.36. The van der Waals surface area contributed by atoms with Crippen LogP contribution in [-0.2, 0) is 14.4 Å². The molecule has 2 amide bonds. The molecule has 1 saturated heterocycles. The van der Waals surface area contributed by atoms with Gasteiger partial charge in [-0.05, 0) is 5.57 Å². The van der Waals surface area contributed by atoms with Crippen molar-refractivity contribution in [2.75, 3.05) is 12.4 Å². The number of fused-ring (bicyclic) bond motifs is 1. The molecular weight excluding hydrogens is 260 g/mol. The zero-order chi connectivity index (χ0) is 13.4. The van der Waals surface area contributed by atoms with Crippen molar-refractivity contribution in [2.45, 2.75) is 18.3 Å². The number of thioether (sulfide) groups is 1. The number of carbonyl (C=O) groups excluding carboxylic acids is 2. The van der Waals surface area contributed by atoms with E-state index in [9.17, 15) is 14.4 Å². The Morgan fingerprint density at radius 1 is 1.56 bits per heavy atom.